The van der Waals surface area contributed by atoms with Crippen LogP contribution in [0, 0.1) is 10.8 Å². The van der Waals surface area contributed by atoms with Gasteiger partial charge in [0.05, 0.1) is 5.41 Å². The predicted molar refractivity (Wildman–Crippen MR) is 87.3 cm³/mol. The second kappa shape index (κ2) is 5.43. The molecule has 0 saturated heterocycles. The maximum absolute atomic E-state index is 12.3. The van der Waals surface area contributed by atoms with Crippen LogP contribution in [0.25, 0.3) is 10.9 Å². The fourth-order valence-corrected chi connectivity index (χ4v) is 4.13. The smallest absolute Gasteiger partial charge is 0.224 e. The molecule has 3 rings (SSSR count). The van der Waals surface area contributed by atoms with E-state index >= 15 is 0 Å². The first-order valence-corrected chi connectivity index (χ1v) is 7.98. The van der Waals surface area contributed by atoms with E-state index in [2.05, 4.69) is 11.1 Å². The highest BCUT2D eigenvalue weighted by Crippen LogP contribution is 2.52. The van der Waals surface area contributed by atoms with Gasteiger partial charge in [0.15, 0.2) is 0 Å². The Bertz CT molecular complexity index is 685. The number of H-pyrrole nitrogens is 1. The zero-order valence-corrected chi connectivity index (χ0v) is 13.1. The summed E-state index contributed by atoms with van der Waals surface area (Å²) in [6, 6.07) is 8.07. The number of aromatic nitrogens is 1. The van der Waals surface area contributed by atoms with Crippen molar-refractivity contribution < 1.29 is 9.90 Å². The normalized spacial score (nSPS) is 20.1. The highest BCUT2D eigenvalue weighted by Gasteiger charge is 2.53. The molecule has 118 valence electrons. The fourth-order valence-electron chi connectivity index (χ4n) is 4.13. The molecular weight excluding hydrogens is 276 g/mol. The van der Waals surface area contributed by atoms with Gasteiger partial charge >= 0.3 is 0 Å². The standard InChI is InChI=1S/C18H24N2O2/c1-17(16(19)22,18(12-21)8-4-5-9-18)10-13-11-20-15-7-3-2-6-14(13)15/h2-3,6-7,11,20-21H,4-5,8-10,12H2,1H3,(H2,19,22). The molecule has 4 N–H and O–H groups in total. The molecule has 0 bridgehead atoms. The van der Waals surface area contributed by atoms with Crippen molar-refractivity contribution in [2.45, 2.75) is 39.0 Å². The van der Waals surface area contributed by atoms with Crippen molar-refractivity contribution in [3.05, 3.63) is 36.0 Å². The number of aliphatic hydroxyl groups is 1. The number of amides is 1. The average Bonchev–Trinajstić information content (AvgIpc) is 3.15. The number of rotatable bonds is 5. The molecule has 0 radical (unpaired) electrons. The van der Waals surface area contributed by atoms with Crippen LogP contribution >= 0.6 is 0 Å². The minimum atomic E-state index is -0.733. The van der Waals surface area contributed by atoms with E-state index in [-0.39, 0.29) is 12.5 Å². The monoisotopic (exact) mass is 300 g/mol. The number of primary amides is 1. The van der Waals surface area contributed by atoms with E-state index in [0.29, 0.717) is 6.42 Å². The highest BCUT2D eigenvalue weighted by molar-refractivity contribution is 5.86. The van der Waals surface area contributed by atoms with Crippen molar-refractivity contribution in [2.75, 3.05) is 6.61 Å². The second-order valence-corrected chi connectivity index (χ2v) is 6.88. The first-order chi connectivity index (χ1) is 10.5. The largest absolute Gasteiger partial charge is 0.396 e. The van der Waals surface area contributed by atoms with Gasteiger partial charge in [0, 0.05) is 29.1 Å². The van der Waals surface area contributed by atoms with Crippen LogP contribution in [0.15, 0.2) is 30.5 Å². The number of aromatic amines is 1. The van der Waals surface area contributed by atoms with Crippen molar-refractivity contribution in [3.63, 3.8) is 0 Å². The molecular formula is C18H24N2O2. The summed E-state index contributed by atoms with van der Waals surface area (Å²) in [6.07, 6.45) is 6.37. The summed E-state index contributed by atoms with van der Waals surface area (Å²) in [5.41, 5.74) is 6.85. The van der Waals surface area contributed by atoms with Crippen molar-refractivity contribution in [1.82, 2.24) is 4.98 Å². The van der Waals surface area contributed by atoms with E-state index in [1.54, 1.807) is 0 Å². The molecule has 1 amide bonds. The Morgan fingerprint density at radius 2 is 2.05 bits per heavy atom. The van der Waals surface area contributed by atoms with Crippen LogP contribution in [0.3, 0.4) is 0 Å². The fraction of sp³-hybridized carbons (Fsp3) is 0.500. The van der Waals surface area contributed by atoms with Crippen LogP contribution in [0.2, 0.25) is 0 Å². The highest BCUT2D eigenvalue weighted by atomic mass is 16.3. The van der Waals surface area contributed by atoms with Gasteiger partial charge < -0.3 is 15.8 Å². The molecule has 4 heteroatoms. The van der Waals surface area contributed by atoms with Crippen molar-refractivity contribution in [3.8, 4) is 0 Å². The lowest BCUT2D eigenvalue weighted by atomic mass is 9.60. The first-order valence-electron chi connectivity index (χ1n) is 7.98. The number of benzene rings is 1. The lowest BCUT2D eigenvalue weighted by Crippen LogP contribution is -2.51. The van der Waals surface area contributed by atoms with E-state index in [1.807, 2.05) is 31.3 Å². The van der Waals surface area contributed by atoms with Gasteiger partial charge in [-0.05, 0) is 37.8 Å². The molecule has 1 atom stereocenters. The third-order valence-electron chi connectivity index (χ3n) is 5.80. The number of aliphatic hydroxyl groups excluding tert-OH is 1. The minimum Gasteiger partial charge on any atom is -0.396 e. The summed E-state index contributed by atoms with van der Waals surface area (Å²) >= 11 is 0. The number of carbonyl (C=O) groups excluding carboxylic acids is 1. The van der Waals surface area contributed by atoms with Gasteiger partial charge in [-0.3, -0.25) is 4.79 Å². The zero-order chi connectivity index (χ0) is 15.8. The van der Waals surface area contributed by atoms with Crippen LogP contribution in [-0.2, 0) is 11.2 Å². The number of para-hydroxylation sites is 1. The zero-order valence-electron chi connectivity index (χ0n) is 13.1. The quantitative estimate of drug-likeness (QED) is 0.794. The molecule has 1 aromatic heterocycles. The van der Waals surface area contributed by atoms with Gasteiger partial charge in [-0.2, -0.15) is 0 Å². The Morgan fingerprint density at radius 3 is 2.68 bits per heavy atom. The summed E-state index contributed by atoms with van der Waals surface area (Å²) < 4.78 is 0. The maximum atomic E-state index is 12.3. The molecule has 2 aromatic rings. The Hall–Kier alpha value is -1.81. The number of hydrogen-bond acceptors (Lipinski definition) is 2. The van der Waals surface area contributed by atoms with E-state index in [9.17, 15) is 9.90 Å². The molecule has 0 spiro atoms. The topological polar surface area (TPSA) is 79.1 Å². The average molecular weight is 300 g/mol. The summed E-state index contributed by atoms with van der Waals surface area (Å²) in [6.45, 7) is 1.95. The molecule has 1 aromatic carbocycles. The molecule has 1 aliphatic carbocycles. The number of hydrogen-bond donors (Lipinski definition) is 3. The summed E-state index contributed by atoms with van der Waals surface area (Å²) in [7, 11) is 0. The molecule has 1 heterocycles. The molecule has 0 aliphatic heterocycles. The van der Waals surface area contributed by atoms with Crippen LogP contribution < -0.4 is 5.73 Å². The molecule has 22 heavy (non-hydrogen) atoms. The van der Waals surface area contributed by atoms with Crippen LogP contribution in [-0.4, -0.2) is 22.6 Å². The SMILES string of the molecule is CC(Cc1c[nH]c2ccccc12)(C(N)=O)C1(CO)CCCC1. The molecule has 1 aliphatic rings. The predicted octanol–water partition coefficient (Wildman–Crippen LogP) is 2.75. The molecule has 1 fully saturated rings. The number of fused-ring (bicyclic) bond motifs is 1. The lowest BCUT2D eigenvalue weighted by Gasteiger charge is -2.43. The van der Waals surface area contributed by atoms with Gasteiger partial charge in [-0.1, -0.05) is 31.0 Å². The Morgan fingerprint density at radius 1 is 1.36 bits per heavy atom. The van der Waals surface area contributed by atoms with Gasteiger partial charge in [0.1, 0.15) is 0 Å². The van der Waals surface area contributed by atoms with Crippen LogP contribution in [0.5, 0.6) is 0 Å². The van der Waals surface area contributed by atoms with Crippen molar-refractivity contribution >= 4 is 16.8 Å². The number of nitrogens with one attached hydrogen (secondary N) is 1. The van der Waals surface area contributed by atoms with Crippen molar-refractivity contribution in [1.29, 1.82) is 0 Å². The van der Waals surface area contributed by atoms with Gasteiger partial charge in [0.2, 0.25) is 5.91 Å². The Kier molecular flexibility index (Phi) is 3.73. The Labute approximate surface area is 130 Å². The third kappa shape index (κ3) is 2.13. The summed E-state index contributed by atoms with van der Waals surface area (Å²) in [5.74, 6) is -0.311. The third-order valence-corrected chi connectivity index (χ3v) is 5.80. The van der Waals surface area contributed by atoms with E-state index in [1.165, 1.54) is 0 Å². The summed E-state index contributed by atoms with van der Waals surface area (Å²) in [5, 5.41) is 11.2. The lowest BCUT2D eigenvalue weighted by molar-refractivity contribution is -0.137. The molecule has 1 saturated carbocycles. The Balaban J connectivity index is 2.03. The van der Waals surface area contributed by atoms with E-state index in [0.717, 1.165) is 42.1 Å². The number of carbonyl (C=O) groups is 1. The minimum absolute atomic E-state index is 0.0226. The van der Waals surface area contributed by atoms with Crippen LogP contribution in [0.4, 0.5) is 0 Å². The summed E-state index contributed by atoms with van der Waals surface area (Å²) in [4.78, 5) is 15.6. The van der Waals surface area contributed by atoms with E-state index in [4.69, 9.17) is 5.73 Å². The van der Waals surface area contributed by atoms with Gasteiger partial charge in [0.25, 0.3) is 0 Å². The maximum Gasteiger partial charge on any atom is 0.224 e. The van der Waals surface area contributed by atoms with E-state index < -0.39 is 10.8 Å². The van der Waals surface area contributed by atoms with Crippen molar-refractivity contribution in [2.24, 2.45) is 16.6 Å². The number of nitrogens with two attached hydrogens (primary N) is 1. The van der Waals surface area contributed by atoms with Crippen LogP contribution in [0.1, 0.15) is 38.2 Å². The molecule has 1 unspecified atom stereocenters. The van der Waals surface area contributed by atoms with Gasteiger partial charge in [-0.25, -0.2) is 0 Å². The van der Waals surface area contributed by atoms with Gasteiger partial charge in [-0.15, -0.1) is 0 Å². The second-order valence-electron chi connectivity index (χ2n) is 6.88. The first kappa shape index (κ1) is 15.1. The molecule has 4 nitrogen and oxygen atoms in total.